The molecule has 0 saturated heterocycles. The highest BCUT2D eigenvalue weighted by molar-refractivity contribution is 6.31. The molecule has 0 unspecified atom stereocenters. The average Bonchev–Trinajstić information content (AvgIpc) is 2.18. The summed E-state index contributed by atoms with van der Waals surface area (Å²) in [6.45, 7) is 3.95. The van der Waals surface area contributed by atoms with E-state index in [0.29, 0.717) is 11.0 Å². The number of aromatic nitrogens is 2. The quantitative estimate of drug-likeness (QED) is 0.595. The zero-order valence-corrected chi connectivity index (χ0v) is 8.97. The summed E-state index contributed by atoms with van der Waals surface area (Å²) < 4.78 is 0. The van der Waals surface area contributed by atoms with Crippen molar-refractivity contribution in [2.75, 3.05) is 5.43 Å². The highest BCUT2D eigenvalue weighted by Gasteiger charge is 2.07. The Morgan fingerprint density at radius 3 is 2.79 bits per heavy atom. The molecule has 0 aromatic carbocycles. The van der Waals surface area contributed by atoms with Gasteiger partial charge in [0.25, 0.3) is 0 Å². The van der Waals surface area contributed by atoms with Gasteiger partial charge in [-0.15, -0.1) is 10.2 Å². The molecule has 1 heterocycles. The summed E-state index contributed by atoms with van der Waals surface area (Å²) in [5.41, 5.74) is 4.23. The number of anilines is 1. The Hall–Kier alpha value is -1.13. The number of hydrazine groups is 1. The number of allylic oxidation sites excluding steroid dienone is 1. The van der Waals surface area contributed by atoms with E-state index in [0.717, 1.165) is 17.5 Å². The summed E-state index contributed by atoms with van der Waals surface area (Å²) in [6.07, 6.45) is 4.88. The van der Waals surface area contributed by atoms with Crippen LogP contribution in [-0.2, 0) is 0 Å². The first-order valence-electron chi connectivity index (χ1n) is 4.36. The summed E-state index contributed by atoms with van der Waals surface area (Å²) in [5, 5.41) is 7.99. The van der Waals surface area contributed by atoms with Crippen LogP contribution in [0.1, 0.15) is 24.5 Å². The third kappa shape index (κ3) is 2.21. The average molecular weight is 213 g/mol. The summed E-state index contributed by atoms with van der Waals surface area (Å²) in [7, 11) is 0. The van der Waals surface area contributed by atoms with Crippen molar-refractivity contribution < 1.29 is 0 Å². The molecule has 1 aromatic heterocycles. The van der Waals surface area contributed by atoms with Gasteiger partial charge in [0.2, 0.25) is 0 Å². The van der Waals surface area contributed by atoms with E-state index >= 15 is 0 Å². The maximum absolute atomic E-state index is 5.90. The van der Waals surface area contributed by atoms with Crippen LogP contribution in [-0.4, -0.2) is 10.2 Å². The molecule has 0 spiro atoms. The standard InChI is InChI=1S/C9H13ClN4/c1-3-4-5-7-6(2)9(12-11)14-13-8(7)10/h4-5H,3,11H2,1-2H3,(H,12,14)/b5-4-. The molecule has 14 heavy (non-hydrogen) atoms. The molecular formula is C9H13ClN4. The normalized spacial score (nSPS) is 10.9. The number of rotatable bonds is 3. The molecule has 0 aliphatic heterocycles. The molecule has 0 aliphatic carbocycles. The first kappa shape index (κ1) is 10.9. The molecule has 0 amide bonds. The van der Waals surface area contributed by atoms with Crippen LogP contribution in [0.5, 0.6) is 0 Å². The van der Waals surface area contributed by atoms with Crippen molar-refractivity contribution in [2.24, 2.45) is 5.84 Å². The van der Waals surface area contributed by atoms with E-state index in [-0.39, 0.29) is 0 Å². The molecule has 0 saturated carbocycles. The Labute approximate surface area is 88.1 Å². The van der Waals surface area contributed by atoms with Gasteiger partial charge in [-0.1, -0.05) is 30.7 Å². The second-order valence-corrected chi connectivity index (χ2v) is 3.19. The molecule has 76 valence electrons. The summed E-state index contributed by atoms with van der Waals surface area (Å²) in [4.78, 5) is 0. The van der Waals surface area contributed by atoms with E-state index in [9.17, 15) is 0 Å². The summed E-state index contributed by atoms with van der Waals surface area (Å²) in [6, 6.07) is 0. The first-order chi connectivity index (χ1) is 6.70. The maximum Gasteiger partial charge on any atom is 0.166 e. The molecule has 3 N–H and O–H groups in total. The Bertz CT molecular complexity index is 349. The van der Waals surface area contributed by atoms with Crippen molar-refractivity contribution in [3.63, 3.8) is 0 Å². The predicted octanol–water partition coefficient (Wildman–Crippen LogP) is 2.15. The molecule has 1 aromatic rings. The lowest BCUT2D eigenvalue weighted by Crippen LogP contribution is -2.11. The van der Waals surface area contributed by atoms with E-state index in [4.69, 9.17) is 17.4 Å². The monoisotopic (exact) mass is 212 g/mol. The first-order valence-corrected chi connectivity index (χ1v) is 4.74. The van der Waals surface area contributed by atoms with Crippen molar-refractivity contribution in [1.29, 1.82) is 0 Å². The zero-order valence-electron chi connectivity index (χ0n) is 8.21. The van der Waals surface area contributed by atoms with Crippen molar-refractivity contribution >= 4 is 23.5 Å². The number of hydrogen-bond acceptors (Lipinski definition) is 4. The highest BCUT2D eigenvalue weighted by atomic mass is 35.5. The second kappa shape index (κ2) is 4.93. The van der Waals surface area contributed by atoms with Crippen molar-refractivity contribution in [3.05, 3.63) is 22.4 Å². The lowest BCUT2D eigenvalue weighted by atomic mass is 10.1. The van der Waals surface area contributed by atoms with Gasteiger partial charge in [-0.25, -0.2) is 5.84 Å². The fraction of sp³-hybridized carbons (Fsp3) is 0.333. The third-order valence-electron chi connectivity index (χ3n) is 1.88. The van der Waals surface area contributed by atoms with Crippen LogP contribution in [0.3, 0.4) is 0 Å². The molecule has 5 heteroatoms. The fourth-order valence-corrected chi connectivity index (χ4v) is 1.31. The van der Waals surface area contributed by atoms with Crippen LogP contribution in [0, 0.1) is 6.92 Å². The van der Waals surface area contributed by atoms with Crippen molar-refractivity contribution in [2.45, 2.75) is 20.3 Å². The second-order valence-electron chi connectivity index (χ2n) is 2.83. The number of nitrogens with one attached hydrogen (secondary N) is 1. The van der Waals surface area contributed by atoms with E-state index in [2.05, 4.69) is 22.5 Å². The summed E-state index contributed by atoms with van der Waals surface area (Å²) >= 11 is 5.90. The van der Waals surface area contributed by atoms with Gasteiger partial charge in [-0.05, 0) is 13.3 Å². The van der Waals surface area contributed by atoms with Crippen LogP contribution in [0.15, 0.2) is 6.08 Å². The van der Waals surface area contributed by atoms with Gasteiger partial charge in [0, 0.05) is 11.1 Å². The van der Waals surface area contributed by atoms with Crippen molar-refractivity contribution in [1.82, 2.24) is 10.2 Å². The van der Waals surface area contributed by atoms with E-state index < -0.39 is 0 Å². The van der Waals surface area contributed by atoms with Crippen LogP contribution < -0.4 is 11.3 Å². The molecule has 0 aliphatic rings. The molecule has 4 nitrogen and oxygen atoms in total. The maximum atomic E-state index is 5.90. The lowest BCUT2D eigenvalue weighted by Gasteiger charge is -2.06. The molecule has 1 rings (SSSR count). The number of nitrogens with two attached hydrogens (primary N) is 1. The molecule has 0 radical (unpaired) electrons. The minimum atomic E-state index is 0.395. The Morgan fingerprint density at radius 1 is 1.50 bits per heavy atom. The topological polar surface area (TPSA) is 63.8 Å². The van der Waals surface area contributed by atoms with E-state index in [1.165, 1.54) is 0 Å². The molecule has 0 fully saturated rings. The number of nitrogens with zero attached hydrogens (tertiary/aromatic N) is 2. The van der Waals surface area contributed by atoms with Crippen LogP contribution in [0.2, 0.25) is 5.15 Å². The third-order valence-corrected chi connectivity index (χ3v) is 2.16. The number of halogens is 1. The van der Waals surface area contributed by atoms with E-state index in [1.807, 2.05) is 19.1 Å². The van der Waals surface area contributed by atoms with Crippen LogP contribution in [0.25, 0.3) is 6.08 Å². The molecule has 0 atom stereocenters. The number of hydrogen-bond donors (Lipinski definition) is 2. The van der Waals surface area contributed by atoms with Crippen LogP contribution >= 0.6 is 11.6 Å². The van der Waals surface area contributed by atoms with Gasteiger partial charge >= 0.3 is 0 Å². The van der Waals surface area contributed by atoms with Gasteiger partial charge in [-0.2, -0.15) is 0 Å². The zero-order chi connectivity index (χ0) is 10.6. The fourth-order valence-electron chi connectivity index (χ4n) is 1.07. The predicted molar refractivity (Wildman–Crippen MR) is 58.9 cm³/mol. The van der Waals surface area contributed by atoms with Gasteiger partial charge in [-0.3, -0.25) is 0 Å². The largest absolute Gasteiger partial charge is 0.307 e. The minimum Gasteiger partial charge on any atom is -0.307 e. The van der Waals surface area contributed by atoms with Gasteiger partial charge in [0.05, 0.1) is 0 Å². The van der Waals surface area contributed by atoms with Gasteiger partial charge in [0.15, 0.2) is 11.0 Å². The smallest absolute Gasteiger partial charge is 0.166 e. The molecular weight excluding hydrogens is 200 g/mol. The van der Waals surface area contributed by atoms with E-state index in [1.54, 1.807) is 0 Å². The van der Waals surface area contributed by atoms with Crippen LogP contribution in [0.4, 0.5) is 5.82 Å². The SMILES string of the molecule is CC/C=C\c1c(Cl)nnc(NN)c1C. The molecule has 0 bridgehead atoms. The Kier molecular flexibility index (Phi) is 3.85. The Morgan fingerprint density at radius 2 is 2.21 bits per heavy atom. The van der Waals surface area contributed by atoms with Crippen molar-refractivity contribution in [3.8, 4) is 0 Å². The minimum absolute atomic E-state index is 0.395. The highest BCUT2D eigenvalue weighted by Crippen LogP contribution is 2.22. The Balaban J connectivity index is 3.18. The lowest BCUT2D eigenvalue weighted by molar-refractivity contribution is 1.00. The van der Waals surface area contributed by atoms with Gasteiger partial charge in [0.1, 0.15) is 0 Å². The van der Waals surface area contributed by atoms with Gasteiger partial charge < -0.3 is 5.43 Å². The number of nitrogen functional groups attached to an aromatic ring is 1. The summed E-state index contributed by atoms with van der Waals surface area (Å²) in [5.74, 6) is 5.83.